The van der Waals surface area contributed by atoms with Crippen molar-refractivity contribution in [1.82, 2.24) is 4.90 Å². The Hall–Kier alpha value is -1.40. The monoisotopic (exact) mass is 325 g/mol. The predicted molar refractivity (Wildman–Crippen MR) is 85.0 cm³/mol. The average molecular weight is 325 g/mol. The normalized spacial score (nSPS) is 21.8. The highest BCUT2D eigenvalue weighted by Crippen LogP contribution is 2.35. The number of aliphatic carboxylic acids is 1. The fourth-order valence-electron chi connectivity index (χ4n) is 3.06. The van der Waals surface area contributed by atoms with Crippen LogP contribution in [0, 0.1) is 5.41 Å². The summed E-state index contributed by atoms with van der Waals surface area (Å²) in [6.07, 6.45) is 2.99. The van der Waals surface area contributed by atoms with Crippen molar-refractivity contribution in [3.05, 3.63) is 22.4 Å². The van der Waals surface area contributed by atoms with Crippen LogP contribution < -0.4 is 0 Å². The summed E-state index contributed by atoms with van der Waals surface area (Å²) >= 11 is 1.57. The molecular weight excluding hydrogens is 302 g/mol. The lowest BCUT2D eigenvalue weighted by Crippen LogP contribution is -2.50. The first-order valence-electron chi connectivity index (χ1n) is 7.58. The molecule has 0 spiro atoms. The van der Waals surface area contributed by atoms with Gasteiger partial charge in [-0.05, 0) is 48.1 Å². The Morgan fingerprint density at radius 1 is 1.50 bits per heavy atom. The van der Waals surface area contributed by atoms with Crippen LogP contribution in [0.15, 0.2) is 16.8 Å². The Bertz CT molecular complexity index is 502. The van der Waals surface area contributed by atoms with Crippen LogP contribution in [0.2, 0.25) is 0 Å². The molecule has 1 aliphatic rings. The number of carbonyl (C=O) groups excluding carboxylic acids is 1. The minimum atomic E-state index is -0.818. The Kier molecular flexibility index (Phi) is 5.97. The van der Waals surface area contributed by atoms with Gasteiger partial charge in [-0.3, -0.25) is 9.59 Å². The zero-order valence-electron chi connectivity index (χ0n) is 12.9. The third-order valence-electron chi connectivity index (χ3n) is 4.32. The number of piperidine rings is 1. The van der Waals surface area contributed by atoms with E-state index in [1.807, 2.05) is 16.8 Å². The summed E-state index contributed by atoms with van der Waals surface area (Å²) in [6.45, 7) is 1.52. The molecule has 0 aliphatic carbocycles. The highest BCUT2D eigenvalue weighted by molar-refractivity contribution is 7.07. The number of carbonyl (C=O) groups is 2. The molecule has 1 aliphatic heterocycles. The number of hydrogen-bond acceptors (Lipinski definition) is 4. The van der Waals surface area contributed by atoms with Crippen molar-refractivity contribution in [1.29, 1.82) is 0 Å². The summed E-state index contributed by atoms with van der Waals surface area (Å²) in [5.74, 6) is -0.771. The third kappa shape index (κ3) is 4.08. The van der Waals surface area contributed by atoms with Crippen LogP contribution in [-0.4, -0.2) is 48.7 Å². The molecule has 22 heavy (non-hydrogen) atoms. The molecule has 0 bridgehead atoms. The summed E-state index contributed by atoms with van der Waals surface area (Å²) in [5.41, 5.74) is 0.182. The van der Waals surface area contributed by atoms with Gasteiger partial charge in [0.1, 0.15) is 0 Å². The van der Waals surface area contributed by atoms with E-state index >= 15 is 0 Å². The Morgan fingerprint density at radius 3 is 2.95 bits per heavy atom. The van der Waals surface area contributed by atoms with E-state index in [1.165, 1.54) is 0 Å². The molecule has 1 amide bonds. The molecule has 1 unspecified atom stereocenters. The quantitative estimate of drug-likeness (QED) is 0.782. The standard InChI is InChI=1S/C16H23NO4S/c1-21-8-3-6-16(15(19)20)5-2-7-17(12-16)14(18)10-13-4-9-22-11-13/h4,9,11H,2-3,5-8,10,12H2,1H3,(H,19,20). The van der Waals surface area contributed by atoms with Crippen LogP contribution in [0.1, 0.15) is 31.2 Å². The molecular formula is C16H23NO4S. The second-order valence-electron chi connectivity index (χ2n) is 5.91. The average Bonchev–Trinajstić information content (AvgIpc) is 3.00. The minimum Gasteiger partial charge on any atom is -0.481 e. The zero-order chi connectivity index (χ0) is 16.0. The molecule has 2 heterocycles. The minimum absolute atomic E-state index is 0.0236. The van der Waals surface area contributed by atoms with Crippen molar-refractivity contribution < 1.29 is 19.4 Å². The molecule has 5 nitrogen and oxygen atoms in total. The van der Waals surface area contributed by atoms with Crippen LogP contribution in [0.3, 0.4) is 0 Å². The molecule has 0 saturated carbocycles. The molecule has 6 heteroatoms. The van der Waals surface area contributed by atoms with Gasteiger partial charge in [0.05, 0.1) is 11.8 Å². The molecule has 1 saturated heterocycles. The first kappa shape index (κ1) is 17.0. The molecule has 0 aromatic carbocycles. The zero-order valence-corrected chi connectivity index (χ0v) is 13.7. The van der Waals surface area contributed by atoms with Gasteiger partial charge < -0.3 is 14.7 Å². The van der Waals surface area contributed by atoms with Gasteiger partial charge in [0.2, 0.25) is 5.91 Å². The van der Waals surface area contributed by atoms with Gasteiger partial charge in [0, 0.05) is 26.8 Å². The highest BCUT2D eigenvalue weighted by atomic mass is 32.1. The van der Waals surface area contributed by atoms with E-state index in [0.29, 0.717) is 45.4 Å². The van der Waals surface area contributed by atoms with Gasteiger partial charge >= 0.3 is 5.97 Å². The molecule has 1 aromatic heterocycles. The summed E-state index contributed by atoms with van der Waals surface area (Å²) in [7, 11) is 1.62. The van der Waals surface area contributed by atoms with Crippen LogP contribution in [-0.2, 0) is 20.7 Å². The number of rotatable bonds is 7. The van der Waals surface area contributed by atoms with Crippen LogP contribution >= 0.6 is 11.3 Å². The molecule has 0 radical (unpaired) electrons. The van der Waals surface area contributed by atoms with Gasteiger partial charge in [-0.1, -0.05) is 0 Å². The summed E-state index contributed by atoms with van der Waals surface area (Å²) in [4.78, 5) is 25.9. The largest absolute Gasteiger partial charge is 0.481 e. The Balaban J connectivity index is 2.01. The molecule has 1 fully saturated rings. The van der Waals surface area contributed by atoms with Gasteiger partial charge in [0.25, 0.3) is 0 Å². The number of likely N-dealkylation sites (tertiary alicyclic amines) is 1. The highest BCUT2D eigenvalue weighted by Gasteiger charge is 2.42. The maximum absolute atomic E-state index is 12.4. The number of ether oxygens (including phenoxy) is 1. The van der Waals surface area contributed by atoms with E-state index < -0.39 is 11.4 Å². The van der Waals surface area contributed by atoms with E-state index in [2.05, 4.69) is 0 Å². The van der Waals surface area contributed by atoms with E-state index in [9.17, 15) is 14.7 Å². The Morgan fingerprint density at radius 2 is 2.32 bits per heavy atom. The first-order chi connectivity index (χ1) is 10.6. The van der Waals surface area contributed by atoms with Crippen LogP contribution in [0.25, 0.3) is 0 Å². The number of amides is 1. The maximum Gasteiger partial charge on any atom is 0.311 e. The fraction of sp³-hybridized carbons (Fsp3) is 0.625. The van der Waals surface area contributed by atoms with Gasteiger partial charge in [0.15, 0.2) is 0 Å². The third-order valence-corrected chi connectivity index (χ3v) is 5.05. The lowest BCUT2D eigenvalue weighted by Gasteiger charge is -2.40. The lowest BCUT2D eigenvalue weighted by molar-refractivity contribution is -0.155. The van der Waals surface area contributed by atoms with E-state index in [4.69, 9.17) is 4.74 Å². The number of thiophene rings is 1. The van der Waals surface area contributed by atoms with Gasteiger partial charge in [-0.15, -0.1) is 0 Å². The summed E-state index contributed by atoms with van der Waals surface area (Å²) in [6, 6.07) is 1.94. The molecule has 2 rings (SSSR count). The van der Waals surface area contributed by atoms with Crippen molar-refractivity contribution >= 4 is 23.2 Å². The van der Waals surface area contributed by atoms with Crippen molar-refractivity contribution in [3.8, 4) is 0 Å². The molecule has 1 atom stereocenters. The van der Waals surface area contributed by atoms with Gasteiger partial charge in [-0.2, -0.15) is 11.3 Å². The van der Waals surface area contributed by atoms with Gasteiger partial charge in [-0.25, -0.2) is 0 Å². The van der Waals surface area contributed by atoms with Crippen molar-refractivity contribution in [3.63, 3.8) is 0 Å². The molecule has 122 valence electrons. The fourth-order valence-corrected chi connectivity index (χ4v) is 3.73. The first-order valence-corrected chi connectivity index (χ1v) is 8.53. The number of hydrogen-bond donors (Lipinski definition) is 1. The smallest absolute Gasteiger partial charge is 0.311 e. The van der Waals surface area contributed by atoms with Crippen LogP contribution in [0.4, 0.5) is 0 Å². The summed E-state index contributed by atoms with van der Waals surface area (Å²) in [5, 5.41) is 13.6. The van der Waals surface area contributed by atoms with Crippen molar-refractivity contribution in [2.45, 2.75) is 32.1 Å². The summed E-state index contributed by atoms with van der Waals surface area (Å²) < 4.78 is 5.03. The number of carboxylic acids is 1. The second kappa shape index (κ2) is 7.74. The van der Waals surface area contributed by atoms with Crippen molar-refractivity contribution in [2.75, 3.05) is 26.8 Å². The molecule has 1 N–H and O–H groups in total. The van der Waals surface area contributed by atoms with Crippen LogP contribution in [0.5, 0.6) is 0 Å². The van der Waals surface area contributed by atoms with Crippen molar-refractivity contribution in [2.24, 2.45) is 5.41 Å². The Labute approximate surface area is 134 Å². The SMILES string of the molecule is COCCCC1(C(=O)O)CCCN(C(=O)Cc2ccsc2)C1. The number of carboxylic acid groups (broad SMARTS) is 1. The number of methoxy groups -OCH3 is 1. The maximum atomic E-state index is 12.4. The molecule has 1 aromatic rings. The topological polar surface area (TPSA) is 66.8 Å². The van der Waals surface area contributed by atoms with E-state index in [1.54, 1.807) is 23.3 Å². The van der Waals surface area contributed by atoms with E-state index in [0.717, 1.165) is 12.0 Å². The predicted octanol–water partition coefficient (Wildman–Crippen LogP) is 2.41. The number of nitrogens with zero attached hydrogens (tertiary/aromatic N) is 1. The lowest BCUT2D eigenvalue weighted by atomic mass is 9.76. The van der Waals surface area contributed by atoms with E-state index in [-0.39, 0.29) is 5.91 Å². The second-order valence-corrected chi connectivity index (χ2v) is 6.69.